The quantitative estimate of drug-likeness (QED) is 0.726. The number of rotatable bonds is 6. The molecule has 3 rings (SSSR count). The van der Waals surface area contributed by atoms with Crippen molar-refractivity contribution in [3.05, 3.63) is 90.3 Å². The molecule has 5 nitrogen and oxygen atoms in total. The summed E-state index contributed by atoms with van der Waals surface area (Å²) < 4.78 is 5.93. The van der Waals surface area contributed by atoms with Crippen molar-refractivity contribution in [3.8, 4) is 11.5 Å². The number of amides is 2. The van der Waals surface area contributed by atoms with Gasteiger partial charge in [0.1, 0.15) is 11.5 Å². The number of para-hydroxylation sites is 2. The average molecular weight is 347 g/mol. The van der Waals surface area contributed by atoms with Gasteiger partial charge in [-0.15, -0.1) is 0 Å². The zero-order chi connectivity index (χ0) is 18.2. The molecule has 2 amide bonds. The van der Waals surface area contributed by atoms with Crippen LogP contribution in [0.1, 0.15) is 11.1 Å². The standard InChI is InChI=1S/C21H21N3O2/c1-24(16-17-11-13-22-14-12-17)21(25)23-15-18-7-5-6-10-20(18)26-19-8-3-2-4-9-19/h2-14H,15-16H2,1H3,(H,23,25). The smallest absolute Gasteiger partial charge is 0.317 e. The molecular formula is C21H21N3O2. The molecule has 0 fully saturated rings. The zero-order valence-corrected chi connectivity index (χ0v) is 14.6. The van der Waals surface area contributed by atoms with E-state index in [1.165, 1.54) is 0 Å². The van der Waals surface area contributed by atoms with Crippen molar-refractivity contribution in [2.75, 3.05) is 7.05 Å². The number of nitrogens with one attached hydrogen (secondary N) is 1. The molecule has 1 aromatic heterocycles. The Balaban J connectivity index is 1.60. The predicted octanol–water partition coefficient (Wildman–Crippen LogP) is 4.22. The first-order chi connectivity index (χ1) is 12.7. The molecule has 132 valence electrons. The largest absolute Gasteiger partial charge is 0.457 e. The van der Waals surface area contributed by atoms with Crippen molar-refractivity contribution in [1.29, 1.82) is 0 Å². The van der Waals surface area contributed by atoms with Crippen LogP contribution >= 0.6 is 0 Å². The third-order valence-corrected chi connectivity index (χ3v) is 3.89. The minimum Gasteiger partial charge on any atom is -0.457 e. The Morgan fingerprint density at radius 1 is 1.00 bits per heavy atom. The minimum atomic E-state index is -0.142. The van der Waals surface area contributed by atoms with E-state index in [1.54, 1.807) is 24.3 Å². The van der Waals surface area contributed by atoms with Gasteiger partial charge in [-0.05, 0) is 35.9 Å². The van der Waals surface area contributed by atoms with Crippen LogP contribution in [0.2, 0.25) is 0 Å². The maximum atomic E-state index is 12.3. The molecule has 3 aromatic rings. The van der Waals surface area contributed by atoms with Crippen LogP contribution in [-0.2, 0) is 13.1 Å². The number of nitrogens with zero attached hydrogens (tertiary/aromatic N) is 2. The summed E-state index contributed by atoms with van der Waals surface area (Å²) in [6, 6.07) is 20.9. The summed E-state index contributed by atoms with van der Waals surface area (Å²) >= 11 is 0. The Labute approximate surface area is 153 Å². The summed E-state index contributed by atoms with van der Waals surface area (Å²) in [6.07, 6.45) is 3.44. The Morgan fingerprint density at radius 3 is 2.46 bits per heavy atom. The van der Waals surface area contributed by atoms with E-state index in [2.05, 4.69) is 10.3 Å². The molecule has 0 radical (unpaired) electrons. The van der Waals surface area contributed by atoms with Crippen LogP contribution < -0.4 is 10.1 Å². The van der Waals surface area contributed by atoms with E-state index < -0.39 is 0 Å². The van der Waals surface area contributed by atoms with Crippen molar-refractivity contribution in [2.45, 2.75) is 13.1 Å². The maximum absolute atomic E-state index is 12.3. The summed E-state index contributed by atoms with van der Waals surface area (Å²) in [5.74, 6) is 1.50. The number of benzene rings is 2. The lowest BCUT2D eigenvalue weighted by Crippen LogP contribution is -2.36. The second-order valence-corrected chi connectivity index (χ2v) is 5.89. The van der Waals surface area contributed by atoms with Gasteiger partial charge in [-0.1, -0.05) is 36.4 Å². The van der Waals surface area contributed by atoms with Crippen LogP contribution in [0.3, 0.4) is 0 Å². The van der Waals surface area contributed by atoms with E-state index in [0.717, 1.165) is 22.6 Å². The van der Waals surface area contributed by atoms with E-state index in [9.17, 15) is 4.79 Å². The molecule has 0 saturated heterocycles. The molecule has 0 aliphatic heterocycles. The van der Waals surface area contributed by atoms with E-state index in [1.807, 2.05) is 66.7 Å². The molecule has 1 heterocycles. The number of ether oxygens (including phenoxy) is 1. The molecule has 0 bridgehead atoms. The molecule has 5 heteroatoms. The van der Waals surface area contributed by atoms with Gasteiger partial charge >= 0.3 is 6.03 Å². The van der Waals surface area contributed by atoms with Crippen LogP contribution in [0.5, 0.6) is 11.5 Å². The van der Waals surface area contributed by atoms with E-state index in [0.29, 0.717) is 13.1 Å². The first-order valence-electron chi connectivity index (χ1n) is 8.41. The summed E-state index contributed by atoms with van der Waals surface area (Å²) in [5.41, 5.74) is 1.95. The number of carbonyl (C=O) groups excluding carboxylic acids is 1. The Hall–Kier alpha value is -3.34. The first-order valence-corrected chi connectivity index (χ1v) is 8.41. The number of aromatic nitrogens is 1. The summed E-state index contributed by atoms with van der Waals surface area (Å²) in [7, 11) is 1.77. The third kappa shape index (κ3) is 4.83. The van der Waals surface area contributed by atoms with Gasteiger partial charge in [-0.3, -0.25) is 4.98 Å². The van der Waals surface area contributed by atoms with Gasteiger partial charge in [0, 0.05) is 38.1 Å². The highest BCUT2D eigenvalue weighted by Gasteiger charge is 2.10. The molecule has 0 unspecified atom stereocenters. The fourth-order valence-corrected chi connectivity index (χ4v) is 2.50. The van der Waals surface area contributed by atoms with Crippen molar-refractivity contribution >= 4 is 6.03 Å². The van der Waals surface area contributed by atoms with Crippen molar-refractivity contribution in [1.82, 2.24) is 15.2 Å². The summed E-state index contributed by atoms with van der Waals surface area (Å²) in [4.78, 5) is 18.0. The second-order valence-electron chi connectivity index (χ2n) is 5.89. The predicted molar refractivity (Wildman–Crippen MR) is 101 cm³/mol. The summed E-state index contributed by atoms with van der Waals surface area (Å²) in [6.45, 7) is 0.916. The first kappa shape index (κ1) is 17.5. The number of hydrogen-bond donors (Lipinski definition) is 1. The average Bonchev–Trinajstić information content (AvgIpc) is 2.68. The lowest BCUT2D eigenvalue weighted by molar-refractivity contribution is 0.206. The normalized spacial score (nSPS) is 10.2. The van der Waals surface area contributed by atoms with E-state index in [4.69, 9.17) is 4.74 Å². The molecule has 2 aromatic carbocycles. The second kappa shape index (κ2) is 8.67. The molecular weight excluding hydrogens is 326 g/mol. The van der Waals surface area contributed by atoms with Crippen molar-refractivity contribution in [3.63, 3.8) is 0 Å². The monoisotopic (exact) mass is 347 g/mol. The number of hydrogen-bond acceptors (Lipinski definition) is 3. The van der Waals surface area contributed by atoms with Gasteiger partial charge in [0.2, 0.25) is 0 Å². The number of carbonyl (C=O) groups is 1. The van der Waals surface area contributed by atoms with E-state index >= 15 is 0 Å². The van der Waals surface area contributed by atoms with Crippen LogP contribution in [-0.4, -0.2) is 23.0 Å². The minimum absolute atomic E-state index is 0.142. The Morgan fingerprint density at radius 2 is 1.69 bits per heavy atom. The fourth-order valence-electron chi connectivity index (χ4n) is 2.50. The molecule has 26 heavy (non-hydrogen) atoms. The van der Waals surface area contributed by atoms with Gasteiger partial charge in [0.25, 0.3) is 0 Å². The molecule has 0 atom stereocenters. The van der Waals surface area contributed by atoms with Crippen molar-refractivity contribution < 1.29 is 9.53 Å². The van der Waals surface area contributed by atoms with Crippen LogP contribution in [0, 0.1) is 0 Å². The Bertz CT molecular complexity index is 838. The third-order valence-electron chi connectivity index (χ3n) is 3.89. The van der Waals surface area contributed by atoms with Gasteiger partial charge in [0.05, 0.1) is 0 Å². The molecule has 0 aliphatic carbocycles. The fraction of sp³-hybridized carbons (Fsp3) is 0.143. The van der Waals surface area contributed by atoms with Gasteiger partial charge < -0.3 is 15.0 Å². The van der Waals surface area contributed by atoms with E-state index in [-0.39, 0.29) is 6.03 Å². The highest BCUT2D eigenvalue weighted by Crippen LogP contribution is 2.24. The number of pyridine rings is 1. The lowest BCUT2D eigenvalue weighted by Gasteiger charge is -2.19. The van der Waals surface area contributed by atoms with Gasteiger partial charge in [0.15, 0.2) is 0 Å². The summed E-state index contributed by atoms with van der Waals surface area (Å²) in [5, 5.41) is 2.94. The highest BCUT2D eigenvalue weighted by atomic mass is 16.5. The molecule has 1 N–H and O–H groups in total. The van der Waals surface area contributed by atoms with Crippen LogP contribution in [0.15, 0.2) is 79.1 Å². The van der Waals surface area contributed by atoms with Gasteiger partial charge in [-0.25, -0.2) is 4.79 Å². The molecule has 0 aliphatic rings. The topological polar surface area (TPSA) is 54.5 Å². The molecule has 0 saturated carbocycles. The maximum Gasteiger partial charge on any atom is 0.317 e. The van der Waals surface area contributed by atoms with Gasteiger partial charge in [-0.2, -0.15) is 0 Å². The highest BCUT2D eigenvalue weighted by molar-refractivity contribution is 5.74. The Kier molecular flexibility index (Phi) is 5.83. The number of urea groups is 1. The van der Waals surface area contributed by atoms with Crippen molar-refractivity contribution in [2.24, 2.45) is 0 Å². The SMILES string of the molecule is CN(Cc1ccncc1)C(=O)NCc1ccccc1Oc1ccccc1. The molecule has 0 spiro atoms. The lowest BCUT2D eigenvalue weighted by atomic mass is 10.2. The van der Waals surface area contributed by atoms with Crippen LogP contribution in [0.25, 0.3) is 0 Å². The zero-order valence-electron chi connectivity index (χ0n) is 14.6. The van der Waals surface area contributed by atoms with Crippen LogP contribution in [0.4, 0.5) is 4.79 Å².